The number of hydrogen-bond acceptors (Lipinski definition) is 7. The van der Waals surface area contributed by atoms with Gasteiger partial charge in [-0.05, 0) is 24.6 Å². The van der Waals surface area contributed by atoms with Gasteiger partial charge in [-0.1, -0.05) is 6.07 Å². The van der Waals surface area contributed by atoms with E-state index in [0.29, 0.717) is 12.5 Å². The minimum absolute atomic E-state index is 0.118. The van der Waals surface area contributed by atoms with Crippen LogP contribution < -0.4 is 19.3 Å². The molecule has 2 aliphatic rings. The first-order valence-corrected chi connectivity index (χ1v) is 8.53. The van der Waals surface area contributed by atoms with E-state index < -0.39 is 0 Å². The van der Waals surface area contributed by atoms with Crippen molar-refractivity contribution in [3.63, 3.8) is 0 Å². The fraction of sp³-hybridized carbons (Fsp3) is 0.444. The van der Waals surface area contributed by atoms with Gasteiger partial charge in [0.25, 0.3) is 0 Å². The zero-order valence-electron chi connectivity index (χ0n) is 14.2. The standard InChI is InChI=1S/C18H22N4O3/c1-24-14-3-2-4-15(9-14)25-16-11-22(12-16)18-19-7-5-17(20-18)21-8-6-13(23)10-21/h2-5,7,9,13,16,23H,6,8,10-12H2,1H3. The van der Waals surface area contributed by atoms with E-state index >= 15 is 0 Å². The number of aliphatic hydroxyl groups is 1. The maximum Gasteiger partial charge on any atom is 0.227 e. The minimum atomic E-state index is -0.261. The van der Waals surface area contributed by atoms with Crippen LogP contribution in [0, 0.1) is 0 Å². The molecule has 0 spiro atoms. The summed E-state index contributed by atoms with van der Waals surface area (Å²) in [6, 6.07) is 9.53. The van der Waals surface area contributed by atoms with Crippen LogP contribution in [0.2, 0.25) is 0 Å². The molecule has 1 unspecified atom stereocenters. The van der Waals surface area contributed by atoms with Crippen molar-refractivity contribution in [3.8, 4) is 11.5 Å². The quantitative estimate of drug-likeness (QED) is 0.879. The zero-order valence-corrected chi connectivity index (χ0v) is 14.2. The Morgan fingerprint density at radius 3 is 2.72 bits per heavy atom. The summed E-state index contributed by atoms with van der Waals surface area (Å²) in [5.41, 5.74) is 0. The van der Waals surface area contributed by atoms with Crippen molar-refractivity contribution in [1.29, 1.82) is 0 Å². The van der Waals surface area contributed by atoms with E-state index in [-0.39, 0.29) is 12.2 Å². The number of rotatable bonds is 5. The number of benzene rings is 1. The Kier molecular flexibility index (Phi) is 4.31. The van der Waals surface area contributed by atoms with Crippen LogP contribution in [0.25, 0.3) is 0 Å². The maximum atomic E-state index is 9.69. The van der Waals surface area contributed by atoms with E-state index in [1.54, 1.807) is 13.3 Å². The Balaban J connectivity index is 1.35. The molecule has 2 saturated heterocycles. The summed E-state index contributed by atoms with van der Waals surface area (Å²) in [4.78, 5) is 13.2. The van der Waals surface area contributed by atoms with Gasteiger partial charge >= 0.3 is 0 Å². The third kappa shape index (κ3) is 3.46. The highest BCUT2D eigenvalue weighted by Gasteiger charge is 2.31. The topological polar surface area (TPSA) is 71.0 Å². The summed E-state index contributed by atoms with van der Waals surface area (Å²) in [6.07, 6.45) is 2.43. The van der Waals surface area contributed by atoms with Crippen LogP contribution in [0.3, 0.4) is 0 Å². The average molecular weight is 342 g/mol. The molecule has 1 aromatic carbocycles. The van der Waals surface area contributed by atoms with Crippen molar-refractivity contribution in [2.75, 3.05) is 43.1 Å². The summed E-state index contributed by atoms with van der Waals surface area (Å²) in [6.45, 7) is 2.98. The smallest absolute Gasteiger partial charge is 0.227 e. The third-order valence-electron chi connectivity index (χ3n) is 4.59. The van der Waals surface area contributed by atoms with Crippen molar-refractivity contribution in [3.05, 3.63) is 36.5 Å². The van der Waals surface area contributed by atoms with Crippen LogP contribution in [0.5, 0.6) is 11.5 Å². The SMILES string of the molecule is COc1cccc(OC2CN(c3nccc(N4CCC(O)C4)n3)C2)c1. The molecule has 2 fully saturated rings. The number of hydrogen-bond donors (Lipinski definition) is 1. The number of β-amino-alcohol motifs (C(OH)–C–C–N with tert-alkyl or cyclic N) is 1. The molecule has 4 rings (SSSR count). The Morgan fingerprint density at radius 2 is 1.96 bits per heavy atom. The lowest BCUT2D eigenvalue weighted by molar-refractivity contribution is 0.165. The molecule has 25 heavy (non-hydrogen) atoms. The van der Waals surface area contributed by atoms with Crippen LogP contribution in [-0.4, -0.2) is 60.6 Å². The molecule has 0 saturated carbocycles. The first-order valence-electron chi connectivity index (χ1n) is 8.53. The van der Waals surface area contributed by atoms with E-state index in [4.69, 9.17) is 9.47 Å². The van der Waals surface area contributed by atoms with Gasteiger partial charge in [0.05, 0.1) is 26.3 Å². The molecule has 1 N–H and O–H groups in total. The maximum absolute atomic E-state index is 9.69. The number of methoxy groups -OCH3 is 1. The summed E-state index contributed by atoms with van der Waals surface area (Å²) in [5, 5.41) is 9.69. The first kappa shape index (κ1) is 16.0. The molecule has 1 atom stereocenters. The van der Waals surface area contributed by atoms with E-state index in [9.17, 15) is 5.11 Å². The molecule has 0 amide bonds. The lowest BCUT2D eigenvalue weighted by atomic mass is 10.2. The zero-order chi connectivity index (χ0) is 17.2. The van der Waals surface area contributed by atoms with E-state index in [2.05, 4.69) is 19.8 Å². The van der Waals surface area contributed by atoms with Crippen molar-refractivity contribution in [2.45, 2.75) is 18.6 Å². The first-order chi connectivity index (χ1) is 12.2. The van der Waals surface area contributed by atoms with Crippen molar-refractivity contribution >= 4 is 11.8 Å². The second-order valence-electron chi connectivity index (χ2n) is 6.43. The molecule has 2 aromatic rings. The lowest BCUT2D eigenvalue weighted by Gasteiger charge is -2.39. The van der Waals surface area contributed by atoms with Crippen LogP contribution in [0.15, 0.2) is 36.5 Å². The predicted octanol–water partition coefficient (Wildman–Crippen LogP) is 1.32. The Hall–Kier alpha value is -2.54. The lowest BCUT2D eigenvalue weighted by Crippen LogP contribution is -2.54. The van der Waals surface area contributed by atoms with Gasteiger partial charge in [0.1, 0.15) is 23.4 Å². The second-order valence-corrected chi connectivity index (χ2v) is 6.43. The van der Waals surface area contributed by atoms with Crippen LogP contribution in [-0.2, 0) is 0 Å². The number of ether oxygens (including phenoxy) is 2. The predicted molar refractivity (Wildman–Crippen MR) is 94.5 cm³/mol. The van der Waals surface area contributed by atoms with E-state index in [1.807, 2.05) is 30.3 Å². The van der Waals surface area contributed by atoms with E-state index in [1.165, 1.54) is 0 Å². The van der Waals surface area contributed by atoms with Gasteiger partial charge in [0, 0.05) is 25.4 Å². The molecule has 0 aliphatic carbocycles. The fourth-order valence-electron chi connectivity index (χ4n) is 3.16. The highest BCUT2D eigenvalue weighted by Crippen LogP contribution is 2.26. The van der Waals surface area contributed by atoms with Crippen molar-refractivity contribution in [2.24, 2.45) is 0 Å². The van der Waals surface area contributed by atoms with Gasteiger partial charge in [0.15, 0.2) is 0 Å². The van der Waals surface area contributed by atoms with Gasteiger partial charge in [-0.3, -0.25) is 0 Å². The summed E-state index contributed by atoms with van der Waals surface area (Å²) < 4.78 is 11.2. The molecule has 0 bridgehead atoms. The Labute approximate surface area is 146 Å². The second kappa shape index (κ2) is 6.76. The molecule has 1 aromatic heterocycles. The van der Waals surface area contributed by atoms with Crippen LogP contribution in [0.1, 0.15) is 6.42 Å². The average Bonchev–Trinajstić information content (AvgIpc) is 3.04. The highest BCUT2D eigenvalue weighted by atomic mass is 16.5. The van der Waals surface area contributed by atoms with Gasteiger partial charge < -0.3 is 24.4 Å². The molecule has 132 valence electrons. The number of anilines is 2. The van der Waals surface area contributed by atoms with Gasteiger partial charge in [-0.2, -0.15) is 4.98 Å². The van der Waals surface area contributed by atoms with Crippen LogP contribution in [0.4, 0.5) is 11.8 Å². The Bertz CT molecular complexity index is 736. The van der Waals surface area contributed by atoms with E-state index in [0.717, 1.165) is 43.4 Å². The minimum Gasteiger partial charge on any atom is -0.497 e. The summed E-state index contributed by atoms with van der Waals surface area (Å²) >= 11 is 0. The molecule has 7 heteroatoms. The summed E-state index contributed by atoms with van der Waals surface area (Å²) in [5.74, 6) is 3.19. The van der Waals surface area contributed by atoms with Gasteiger partial charge in [-0.25, -0.2) is 4.98 Å². The fourth-order valence-corrected chi connectivity index (χ4v) is 3.16. The number of aromatic nitrogens is 2. The van der Waals surface area contributed by atoms with Crippen molar-refractivity contribution < 1.29 is 14.6 Å². The normalized spacial score (nSPS) is 20.5. The van der Waals surface area contributed by atoms with Crippen molar-refractivity contribution in [1.82, 2.24) is 9.97 Å². The number of aliphatic hydroxyl groups excluding tert-OH is 1. The Morgan fingerprint density at radius 1 is 1.12 bits per heavy atom. The molecule has 0 radical (unpaired) electrons. The number of nitrogens with zero attached hydrogens (tertiary/aromatic N) is 4. The van der Waals surface area contributed by atoms with Gasteiger partial charge in [-0.15, -0.1) is 0 Å². The van der Waals surface area contributed by atoms with Gasteiger partial charge in [0.2, 0.25) is 5.95 Å². The molecular weight excluding hydrogens is 320 g/mol. The highest BCUT2D eigenvalue weighted by molar-refractivity contribution is 5.46. The summed E-state index contributed by atoms with van der Waals surface area (Å²) in [7, 11) is 1.65. The molecule has 2 aliphatic heterocycles. The molecular formula is C18H22N4O3. The molecule has 7 nitrogen and oxygen atoms in total. The van der Waals surface area contributed by atoms with Crippen LogP contribution >= 0.6 is 0 Å². The monoisotopic (exact) mass is 342 g/mol. The largest absolute Gasteiger partial charge is 0.497 e. The third-order valence-corrected chi connectivity index (χ3v) is 4.59. The molecule has 3 heterocycles.